The van der Waals surface area contributed by atoms with Crippen LogP contribution < -0.4 is 0 Å². The first-order chi connectivity index (χ1) is 10.7. The molecule has 0 saturated carbocycles. The van der Waals surface area contributed by atoms with Crippen LogP contribution in [0.3, 0.4) is 0 Å². The van der Waals surface area contributed by atoms with Gasteiger partial charge in [-0.1, -0.05) is 23.3 Å². The zero-order valence-corrected chi connectivity index (χ0v) is 13.3. The van der Waals surface area contributed by atoms with Crippen LogP contribution >= 0.6 is 11.3 Å². The van der Waals surface area contributed by atoms with E-state index in [1.165, 1.54) is 53.1 Å². The van der Waals surface area contributed by atoms with Gasteiger partial charge in [-0.15, -0.1) is 11.3 Å². The Kier molecular flexibility index (Phi) is 2.29. The quantitative estimate of drug-likeness (QED) is 0.345. The highest BCUT2D eigenvalue weighted by Crippen LogP contribution is 2.38. The summed E-state index contributed by atoms with van der Waals surface area (Å²) in [5.41, 5.74) is 5.08. The minimum Gasteiger partial charge on any atom is -0.354 e. The minimum atomic E-state index is 1.22. The van der Waals surface area contributed by atoms with E-state index in [1.54, 1.807) is 0 Å². The summed E-state index contributed by atoms with van der Waals surface area (Å²) in [7, 11) is 0. The van der Waals surface area contributed by atoms with E-state index in [4.69, 9.17) is 0 Å². The van der Waals surface area contributed by atoms with Crippen molar-refractivity contribution in [3.63, 3.8) is 0 Å². The Balaban J connectivity index is 2.00. The normalized spacial score (nSPS) is 12.1. The van der Waals surface area contributed by atoms with Crippen LogP contribution in [0.1, 0.15) is 11.1 Å². The number of benzene rings is 3. The molecule has 0 aliphatic heterocycles. The number of aromatic amines is 1. The summed E-state index contributed by atoms with van der Waals surface area (Å²) in [6.07, 6.45) is 0. The summed E-state index contributed by atoms with van der Waals surface area (Å²) in [5.74, 6) is 0. The lowest BCUT2D eigenvalue weighted by Gasteiger charge is -1.96. The number of rotatable bonds is 0. The van der Waals surface area contributed by atoms with Gasteiger partial charge in [0.15, 0.2) is 0 Å². The number of aromatic nitrogens is 1. The molecule has 0 bridgehead atoms. The van der Waals surface area contributed by atoms with E-state index >= 15 is 0 Å². The molecule has 5 aromatic rings. The summed E-state index contributed by atoms with van der Waals surface area (Å²) in [6, 6.07) is 18.0. The highest BCUT2D eigenvalue weighted by atomic mass is 32.1. The lowest BCUT2D eigenvalue weighted by Crippen LogP contribution is -1.72. The van der Waals surface area contributed by atoms with Gasteiger partial charge in [0.25, 0.3) is 0 Å². The number of hydrogen-bond acceptors (Lipinski definition) is 1. The molecule has 0 aliphatic carbocycles. The van der Waals surface area contributed by atoms with E-state index in [1.807, 2.05) is 11.3 Å². The summed E-state index contributed by atoms with van der Waals surface area (Å²) in [4.78, 5) is 3.56. The van der Waals surface area contributed by atoms with Crippen molar-refractivity contribution in [3.8, 4) is 0 Å². The molecule has 0 radical (unpaired) electrons. The van der Waals surface area contributed by atoms with Crippen LogP contribution in [0.25, 0.3) is 42.0 Å². The lowest BCUT2D eigenvalue weighted by molar-refractivity contribution is 1.49. The van der Waals surface area contributed by atoms with Gasteiger partial charge in [0.2, 0.25) is 0 Å². The molecule has 0 unspecified atom stereocenters. The average molecular weight is 301 g/mol. The van der Waals surface area contributed by atoms with Crippen LogP contribution in [0, 0.1) is 13.8 Å². The molecule has 0 fully saturated rings. The first-order valence-electron chi connectivity index (χ1n) is 7.54. The molecule has 1 nitrogen and oxygen atoms in total. The number of hydrogen-bond donors (Lipinski definition) is 1. The Bertz CT molecular complexity index is 1100. The van der Waals surface area contributed by atoms with Crippen molar-refractivity contribution < 1.29 is 0 Å². The largest absolute Gasteiger partial charge is 0.354 e. The van der Waals surface area contributed by atoms with E-state index in [0.29, 0.717) is 0 Å². The molecular formula is C20H15NS. The van der Waals surface area contributed by atoms with Gasteiger partial charge in [-0.25, -0.2) is 0 Å². The predicted octanol–water partition coefficient (Wildman–Crippen LogP) is 6.31. The second kappa shape index (κ2) is 4.11. The van der Waals surface area contributed by atoms with Gasteiger partial charge in [-0.3, -0.25) is 0 Å². The molecule has 2 heteroatoms. The molecule has 1 N–H and O–H groups in total. The maximum atomic E-state index is 3.56. The van der Waals surface area contributed by atoms with E-state index in [2.05, 4.69) is 67.4 Å². The number of nitrogens with one attached hydrogen (secondary N) is 1. The summed E-state index contributed by atoms with van der Waals surface area (Å²) in [6.45, 7) is 4.32. The Hall–Kier alpha value is -2.32. The van der Waals surface area contributed by atoms with Gasteiger partial charge in [0, 0.05) is 42.0 Å². The molecule has 2 heterocycles. The summed E-state index contributed by atoms with van der Waals surface area (Å²) >= 11 is 1.88. The minimum absolute atomic E-state index is 1.22. The fourth-order valence-corrected chi connectivity index (χ4v) is 4.51. The Labute approximate surface area is 132 Å². The highest BCUT2D eigenvalue weighted by molar-refractivity contribution is 7.25. The predicted molar refractivity (Wildman–Crippen MR) is 98.2 cm³/mol. The molecule has 0 amide bonds. The van der Waals surface area contributed by atoms with Crippen molar-refractivity contribution in [2.75, 3.05) is 0 Å². The van der Waals surface area contributed by atoms with Gasteiger partial charge < -0.3 is 4.98 Å². The third-order valence-corrected chi connectivity index (χ3v) is 5.63. The monoisotopic (exact) mass is 301 g/mol. The molecule has 22 heavy (non-hydrogen) atoms. The maximum Gasteiger partial charge on any atom is 0.0479 e. The Morgan fingerprint density at radius 3 is 2.18 bits per heavy atom. The Morgan fingerprint density at radius 2 is 1.32 bits per heavy atom. The molecule has 0 spiro atoms. The molecule has 2 aromatic heterocycles. The zero-order chi connectivity index (χ0) is 14.8. The van der Waals surface area contributed by atoms with Crippen LogP contribution in [0.2, 0.25) is 0 Å². The summed E-state index contributed by atoms with van der Waals surface area (Å²) in [5, 5.41) is 5.40. The van der Waals surface area contributed by atoms with Crippen LogP contribution in [0.4, 0.5) is 0 Å². The standard InChI is InChI=1S/C20H15NS/c1-11-3-5-17-13(7-11)14-9-16-15-8-12(2)4-6-19(15)22-20(16)10-18(14)21-17/h3-10,21H,1-2H3. The zero-order valence-electron chi connectivity index (χ0n) is 12.5. The van der Waals surface area contributed by atoms with Crippen LogP contribution in [0.15, 0.2) is 48.5 Å². The number of fused-ring (bicyclic) bond motifs is 6. The van der Waals surface area contributed by atoms with Gasteiger partial charge in [-0.2, -0.15) is 0 Å². The number of thiophene rings is 1. The van der Waals surface area contributed by atoms with Crippen molar-refractivity contribution in [2.24, 2.45) is 0 Å². The van der Waals surface area contributed by atoms with Crippen molar-refractivity contribution in [3.05, 3.63) is 59.7 Å². The maximum absolute atomic E-state index is 3.56. The number of aryl methyl sites for hydroxylation is 2. The third kappa shape index (κ3) is 1.59. The first kappa shape index (κ1) is 12.2. The lowest BCUT2D eigenvalue weighted by atomic mass is 10.1. The molecule has 0 atom stereocenters. The van der Waals surface area contributed by atoms with Crippen molar-refractivity contribution >= 4 is 53.3 Å². The van der Waals surface area contributed by atoms with Crippen molar-refractivity contribution in [1.82, 2.24) is 4.98 Å². The molecule has 0 aliphatic rings. The highest BCUT2D eigenvalue weighted by Gasteiger charge is 2.10. The molecule has 5 rings (SSSR count). The van der Waals surface area contributed by atoms with Crippen LogP contribution in [-0.4, -0.2) is 4.98 Å². The van der Waals surface area contributed by atoms with E-state index < -0.39 is 0 Å². The fraction of sp³-hybridized carbons (Fsp3) is 0.100. The SMILES string of the molecule is Cc1ccc2[nH]c3cc4sc5ccc(C)cc5c4cc3c2c1. The molecule has 3 aromatic carbocycles. The van der Waals surface area contributed by atoms with E-state index in [9.17, 15) is 0 Å². The second-order valence-corrected chi connectivity index (χ2v) is 7.25. The first-order valence-corrected chi connectivity index (χ1v) is 8.36. The molecule has 106 valence electrons. The fourth-order valence-electron chi connectivity index (χ4n) is 3.40. The molecule has 0 saturated heterocycles. The topological polar surface area (TPSA) is 15.8 Å². The second-order valence-electron chi connectivity index (χ2n) is 6.17. The van der Waals surface area contributed by atoms with Crippen molar-refractivity contribution in [2.45, 2.75) is 13.8 Å². The van der Waals surface area contributed by atoms with E-state index in [-0.39, 0.29) is 0 Å². The van der Waals surface area contributed by atoms with Gasteiger partial charge in [0.05, 0.1) is 0 Å². The van der Waals surface area contributed by atoms with Crippen LogP contribution in [0.5, 0.6) is 0 Å². The molecular weight excluding hydrogens is 286 g/mol. The smallest absolute Gasteiger partial charge is 0.0479 e. The third-order valence-electron chi connectivity index (χ3n) is 4.50. The van der Waals surface area contributed by atoms with Gasteiger partial charge in [0.1, 0.15) is 0 Å². The van der Waals surface area contributed by atoms with Crippen molar-refractivity contribution in [1.29, 1.82) is 0 Å². The van der Waals surface area contributed by atoms with Gasteiger partial charge in [-0.05, 0) is 50.2 Å². The van der Waals surface area contributed by atoms with E-state index in [0.717, 1.165) is 0 Å². The summed E-state index contributed by atoms with van der Waals surface area (Å²) < 4.78 is 2.73. The van der Waals surface area contributed by atoms with Gasteiger partial charge >= 0.3 is 0 Å². The van der Waals surface area contributed by atoms with Crippen LogP contribution in [-0.2, 0) is 0 Å². The average Bonchev–Trinajstić information content (AvgIpc) is 3.02. The number of H-pyrrole nitrogens is 1. The Morgan fingerprint density at radius 1 is 0.636 bits per heavy atom.